The first-order chi connectivity index (χ1) is 8.13. The monoisotopic (exact) mass is 234 g/mol. The van der Waals surface area contributed by atoms with Gasteiger partial charge in [-0.15, -0.1) is 0 Å². The molecule has 2 heterocycles. The third-order valence-electron chi connectivity index (χ3n) is 2.40. The van der Waals surface area contributed by atoms with Gasteiger partial charge in [-0.05, 0) is 26.3 Å². The molecule has 0 aliphatic carbocycles. The molecule has 0 spiro atoms. The average molecular weight is 234 g/mol. The first-order valence-corrected chi connectivity index (χ1v) is 5.54. The number of esters is 1. The fourth-order valence-corrected chi connectivity index (χ4v) is 1.65. The van der Waals surface area contributed by atoms with Crippen LogP contribution in [0, 0.1) is 13.8 Å². The molecule has 90 valence electrons. The lowest BCUT2D eigenvalue weighted by Gasteiger charge is -2.04. The molecule has 5 nitrogen and oxygen atoms in total. The Labute approximate surface area is 98.8 Å². The Kier molecular flexibility index (Phi) is 3.08. The van der Waals surface area contributed by atoms with E-state index in [0.29, 0.717) is 34.7 Å². The van der Waals surface area contributed by atoms with Gasteiger partial charge in [0.1, 0.15) is 0 Å². The number of carbonyl (C=O) groups is 1. The molecule has 0 atom stereocenters. The SMILES string of the molecule is CCCOC(=O)c1cc(C)nc2onc(C)c12. The van der Waals surface area contributed by atoms with Crippen LogP contribution in [0.1, 0.15) is 35.1 Å². The van der Waals surface area contributed by atoms with Crippen molar-refractivity contribution >= 4 is 17.1 Å². The van der Waals surface area contributed by atoms with Gasteiger partial charge in [0.05, 0.1) is 23.3 Å². The minimum Gasteiger partial charge on any atom is -0.462 e. The molecule has 0 unspecified atom stereocenters. The Morgan fingerprint density at radius 3 is 2.94 bits per heavy atom. The maximum atomic E-state index is 11.9. The summed E-state index contributed by atoms with van der Waals surface area (Å²) in [6.45, 7) is 5.94. The fourth-order valence-electron chi connectivity index (χ4n) is 1.65. The summed E-state index contributed by atoms with van der Waals surface area (Å²) in [6.07, 6.45) is 0.793. The number of rotatable bonds is 3. The van der Waals surface area contributed by atoms with E-state index in [9.17, 15) is 4.79 Å². The zero-order valence-corrected chi connectivity index (χ0v) is 10.1. The van der Waals surface area contributed by atoms with Gasteiger partial charge in [-0.1, -0.05) is 12.1 Å². The summed E-state index contributed by atoms with van der Waals surface area (Å²) >= 11 is 0. The van der Waals surface area contributed by atoms with E-state index in [4.69, 9.17) is 9.26 Å². The lowest BCUT2D eigenvalue weighted by Crippen LogP contribution is -2.07. The van der Waals surface area contributed by atoms with Gasteiger partial charge in [-0.25, -0.2) is 9.78 Å². The van der Waals surface area contributed by atoms with Crippen molar-refractivity contribution < 1.29 is 14.1 Å². The van der Waals surface area contributed by atoms with Crippen LogP contribution in [0.2, 0.25) is 0 Å². The van der Waals surface area contributed by atoms with E-state index < -0.39 is 0 Å². The first-order valence-electron chi connectivity index (χ1n) is 5.54. The van der Waals surface area contributed by atoms with Crippen molar-refractivity contribution in [2.45, 2.75) is 27.2 Å². The molecule has 0 aromatic carbocycles. The molecule has 0 saturated heterocycles. The van der Waals surface area contributed by atoms with Gasteiger partial charge in [0, 0.05) is 5.69 Å². The molecule has 0 radical (unpaired) electrons. The summed E-state index contributed by atoms with van der Waals surface area (Å²) in [7, 11) is 0. The number of carbonyl (C=O) groups excluding carboxylic acids is 1. The molecule has 2 rings (SSSR count). The molecule has 0 aliphatic rings. The van der Waals surface area contributed by atoms with Crippen molar-refractivity contribution in [1.82, 2.24) is 10.1 Å². The number of ether oxygens (including phenoxy) is 1. The minimum atomic E-state index is -0.353. The highest BCUT2D eigenvalue weighted by Crippen LogP contribution is 2.22. The second-order valence-corrected chi connectivity index (χ2v) is 3.90. The smallest absolute Gasteiger partial charge is 0.339 e. The average Bonchev–Trinajstić information content (AvgIpc) is 2.66. The lowest BCUT2D eigenvalue weighted by molar-refractivity contribution is 0.0507. The molecule has 0 amide bonds. The van der Waals surface area contributed by atoms with Crippen molar-refractivity contribution in [3.63, 3.8) is 0 Å². The van der Waals surface area contributed by atoms with E-state index in [1.165, 1.54) is 0 Å². The molecule has 0 N–H and O–H groups in total. The van der Waals surface area contributed by atoms with Crippen LogP contribution in [0.25, 0.3) is 11.1 Å². The highest BCUT2D eigenvalue weighted by atomic mass is 16.5. The highest BCUT2D eigenvalue weighted by Gasteiger charge is 2.18. The van der Waals surface area contributed by atoms with E-state index >= 15 is 0 Å². The van der Waals surface area contributed by atoms with E-state index in [0.717, 1.165) is 6.42 Å². The van der Waals surface area contributed by atoms with Gasteiger partial charge in [0.15, 0.2) is 0 Å². The maximum Gasteiger partial charge on any atom is 0.339 e. The summed E-state index contributed by atoms with van der Waals surface area (Å²) in [5.41, 5.74) is 2.21. The Balaban J connectivity index is 2.51. The van der Waals surface area contributed by atoms with Gasteiger partial charge < -0.3 is 9.26 Å². The summed E-state index contributed by atoms with van der Waals surface area (Å²) in [6, 6.07) is 1.70. The molecule has 0 saturated carbocycles. The van der Waals surface area contributed by atoms with Gasteiger partial charge in [0.25, 0.3) is 5.71 Å². The molecule has 5 heteroatoms. The standard InChI is InChI=1S/C12H14N2O3/c1-4-5-16-12(15)9-6-7(2)13-11-10(9)8(3)14-17-11/h6H,4-5H2,1-3H3. The normalized spacial score (nSPS) is 10.8. The van der Waals surface area contributed by atoms with Crippen molar-refractivity contribution in [2.75, 3.05) is 6.61 Å². The lowest BCUT2D eigenvalue weighted by atomic mass is 10.1. The largest absolute Gasteiger partial charge is 0.462 e. The summed E-state index contributed by atoms with van der Waals surface area (Å²) in [5, 5.41) is 4.45. The second-order valence-electron chi connectivity index (χ2n) is 3.90. The summed E-state index contributed by atoms with van der Waals surface area (Å²) in [5.74, 6) is -0.353. The topological polar surface area (TPSA) is 65.2 Å². The van der Waals surface area contributed by atoms with Crippen LogP contribution in [0.5, 0.6) is 0 Å². The number of aryl methyl sites for hydroxylation is 2. The Bertz CT molecular complexity index is 560. The fraction of sp³-hybridized carbons (Fsp3) is 0.417. The highest BCUT2D eigenvalue weighted by molar-refractivity contribution is 6.03. The molecule has 2 aromatic heterocycles. The molecule has 0 aliphatic heterocycles. The molecule has 0 fully saturated rings. The third kappa shape index (κ3) is 2.13. The van der Waals surface area contributed by atoms with E-state index in [1.807, 2.05) is 6.92 Å². The van der Waals surface area contributed by atoms with Crippen LogP contribution in [0.3, 0.4) is 0 Å². The van der Waals surface area contributed by atoms with Crippen molar-refractivity contribution in [1.29, 1.82) is 0 Å². The first kappa shape index (κ1) is 11.6. The quantitative estimate of drug-likeness (QED) is 0.763. The predicted molar refractivity (Wildman–Crippen MR) is 61.9 cm³/mol. The maximum absolute atomic E-state index is 11.9. The molecule has 2 aromatic rings. The number of aromatic nitrogens is 2. The molecule has 0 bridgehead atoms. The number of hydrogen-bond donors (Lipinski definition) is 0. The number of fused-ring (bicyclic) bond motifs is 1. The molecule has 17 heavy (non-hydrogen) atoms. The van der Waals surface area contributed by atoms with E-state index in [-0.39, 0.29) is 5.97 Å². The van der Waals surface area contributed by atoms with Crippen LogP contribution < -0.4 is 0 Å². The number of nitrogens with zero attached hydrogens (tertiary/aromatic N) is 2. The third-order valence-corrected chi connectivity index (χ3v) is 2.40. The van der Waals surface area contributed by atoms with Crippen LogP contribution in [0.15, 0.2) is 10.6 Å². The zero-order chi connectivity index (χ0) is 12.4. The predicted octanol–water partition coefficient (Wildman–Crippen LogP) is 2.41. The van der Waals surface area contributed by atoms with E-state index in [1.54, 1.807) is 19.9 Å². The van der Waals surface area contributed by atoms with Gasteiger partial charge in [0.2, 0.25) is 0 Å². The zero-order valence-electron chi connectivity index (χ0n) is 10.1. The Morgan fingerprint density at radius 2 is 2.24 bits per heavy atom. The van der Waals surface area contributed by atoms with Crippen LogP contribution in [-0.4, -0.2) is 22.7 Å². The van der Waals surface area contributed by atoms with Gasteiger partial charge >= 0.3 is 5.97 Å². The molecular formula is C12H14N2O3. The van der Waals surface area contributed by atoms with E-state index in [2.05, 4.69) is 10.1 Å². The van der Waals surface area contributed by atoms with Crippen molar-refractivity contribution in [3.8, 4) is 0 Å². The van der Waals surface area contributed by atoms with Crippen molar-refractivity contribution in [3.05, 3.63) is 23.0 Å². The van der Waals surface area contributed by atoms with Crippen LogP contribution >= 0.6 is 0 Å². The Hall–Kier alpha value is -1.91. The minimum absolute atomic E-state index is 0.353. The van der Waals surface area contributed by atoms with Gasteiger partial charge in [-0.2, -0.15) is 0 Å². The second kappa shape index (κ2) is 4.53. The number of hydrogen-bond acceptors (Lipinski definition) is 5. The number of pyridine rings is 1. The van der Waals surface area contributed by atoms with Crippen LogP contribution in [0.4, 0.5) is 0 Å². The summed E-state index contributed by atoms with van der Waals surface area (Å²) in [4.78, 5) is 16.1. The summed E-state index contributed by atoms with van der Waals surface area (Å²) < 4.78 is 10.2. The van der Waals surface area contributed by atoms with Crippen molar-refractivity contribution in [2.24, 2.45) is 0 Å². The van der Waals surface area contributed by atoms with Gasteiger partial charge in [-0.3, -0.25) is 0 Å². The Morgan fingerprint density at radius 1 is 1.47 bits per heavy atom. The van der Waals surface area contributed by atoms with Crippen LogP contribution in [-0.2, 0) is 4.74 Å². The molecular weight excluding hydrogens is 220 g/mol.